The van der Waals surface area contributed by atoms with Crippen molar-refractivity contribution >= 4 is 11.7 Å². The summed E-state index contributed by atoms with van der Waals surface area (Å²) in [7, 11) is 4.32. The molecule has 0 unspecified atom stereocenters. The van der Waals surface area contributed by atoms with Gasteiger partial charge in [-0.05, 0) is 57.8 Å². The lowest BCUT2D eigenvalue weighted by molar-refractivity contribution is 0.0724. The van der Waals surface area contributed by atoms with Crippen LogP contribution in [0.15, 0.2) is 18.3 Å². The Hall–Kier alpha value is -1.62. The minimum absolute atomic E-state index is 0.156. The fourth-order valence-electron chi connectivity index (χ4n) is 4.35. The molecule has 25 heavy (non-hydrogen) atoms. The lowest BCUT2D eigenvalue weighted by Gasteiger charge is -2.29. The molecular formula is C20H32N4O. The van der Waals surface area contributed by atoms with Crippen molar-refractivity contribution in [1.82, 2.24) is 14.8 Å². The number of pyridine rings is 1. The minimum Gasteiger partial charge on any atom is -0.354 e. The molecule has 138 valence electrons. The standard InChI is InChI=1S/C20H32N4O/c1-4-9-16-14-24(15-18(16)22(2)3)19-17(10-8-11-21-19)20(25)23-12-6-5-7-13-23/h8,10-11,16,18H,4-7,9,12-15H2,1-3H3/t16-,18-/m1/s1. The monoisotopic (exact) mass is 344 g/mol. The normalized spacial score (nSPS) is 24.2. The zero-order valence-electron chi connectivity index (χ0n) is 15.9. The van der Waals surface area contributed by atoms with Gasteiger partial charge < -0.3 is 14.7 Å². The summed E-state index contributed by atoms with van der Waals surface area (Å²) in [4.78, 5) is 24.3. The van der Waals surface area contributed by atoms with Crippen LogP contribution in [-0.2, 0) is 0 Å². The van der Waals surface area contributed by atoms with Crippen LogP contribution < -0.4 is 4.90 Å². The van der Waals surface area contributed by atoms with Crippen LogP contribution in [0, 0.1) is 5.92 Å². The number of carbonyl (C=O) groups excluding carboxylic acids is 1. The van der Waals surface area contributed by atoms with Crippen LogP contribution in [0.5, 0.6) is 0 Å². The Morgan fingerprint density at radius 2 is 2.00 bits per heavy atom. The summed E-state index contributed by atoms with van der Waals surface area (Å²) in [5.41, 5.74) is 0.777. The number of aromatic nitrogens is 1. The second-order valence-electron chi connectivity index (χ2n) is 7.71. The molecule has 0 spiro atoms. The summed E-state index contributed by atoms with van der Waals surface area (Å²) in [5, 5.41) is 0. The maximum Gasteiger partial charge on any atom is 0.257 e. The van der Waals surface area contributed by atoms with Crippen LogP contribution in [0.2, 0.25) is 0 Å². The summed E-state index contributed by atoms with van der Waals surface area (Å²) in [6.07, 6.45) is 7.71. The number of amides is 1. The number of piperidine rings is 1. The smallest absolute Gasteiger partial charge is 0.257 e. The highest BCUT2D eigenvalue weighted by Gasteiger charge is 2.36. The van der Waals surface area contributed by atoms with Crippen molar-refractivity contribution in [2.75, 3.05) is 45.2 Å². The van der Waals surface area contributed by atoms with Crippen LogP contribution in [0.4, 0.5) is 5.82 Å². The highest BCUT2D eigenvalue weighted by atomic mass is 16.2. The second kappa shape index (κ2) is 8.17. The Morgan fingerprint density at radius 1 is 1.24 bits per heavy atom. The van der Waals surface area contributed by atoms with Crippen molar-refractivity contribution in [1.29, 1.82) is 0 Å². The molecule has 2 saturated heterocycles. The van der Waals surface area contributed by atoms with Crippen LogP contribution in [0.1, 0.15) is 49.4 Å². The summed E-state index contributed by atoms with van der Waals surface area (Å²) in [5.74, 6) is 1.67. The quantitative estimate of drug-likeness (QED) is 0.823. The molecule has 5 nitrogen and oxygen atoms in total. The molecule has 3 heterocycles. The van der Waals surface area contributed by atoms with E-state index >= 15 is 0 Å². The van der Waals surface area contributed by atoms with E-state index in [1.807, 2.05) is 23.2 Å². The largest absolute Gasteiger partial charge is 0.354 e. The maximum atomic E-state index is 13.0. The summed E-state index contributed by atoms with van der Waals surface area (Å²) >= 11 is 0. The first kappa shape index (κ1) is 18.2. The van der Waals surface area contributed by atoms with E-state index in [0.29, 0.717) is 12.0 Å². The average molecular weight is 345 g/mol. The number of hydrogen-bond acceptors (Lipinski definition) is 4. The van der Waals surface area contributed by atoms with Crippen molar-refractivity contribution in [3.05, 3.63) is 23.9 Å². The Balaban J connectivity index is 1.82. The molecule has 0 saturated carbocycles. The van der Waals surface area contributed by atoms with Gasteiger partial charge in [0, 0.05) is 38.4 Å². The zero-order chi connectivity index (χ0) is 17.8. The molecular weight excluding hydrogens is 312 g/mol. The van der Waals surface area contributed by atoms with Crippen molar-refractivity contribution in [3.63, 3.8) is 0 Å². The number of nitrogens with zero attached hydrogens (tertiary/aromatic N) is 4. The van der Waals surface area contributed by atoms with Gasteiger partial charge in [-0.25, -0.2) is 4.98 Å². The molecule has 0 N–H and O–H groups in total. The highest BCUT2D eigenvalue weighted by Crippen LogP contribution is 2.30. The van der Waals surface area contributed by atoms with Gasteiger partial charge in [0.1, 0.15) is 5.82 Å². The summed E-state index contributed by atoms with van der Waals surface area (Å²) in [6.45, 7) is 5.96. The predicted octanol–water partition coefficient (Wildman–Crippen LogP) is 2.87. The van der Waals surface area contributed by atoms with Gasteiger partial charge in [-0.3, -0.25) is 4.79 Å². The van der Waals surface area contributed by atoms with E-state index in [1.54, 1.807) is 0 Å². The van der Waals surface area contributed by atoms with Crippen LogP contribution in [0.25, 0.3) is 0 Å². The van der Waals surface area contributed by atoms with E-state index in [4.69, 9.17) is 0 Å². The number of likely N-dealkylation sites (N-methyl/N-ethyl adjacent to an activating group) is 1. The van der Waals surface area contributed by atoms with Crippen molar-refractivity contribution in [2.45, 2.75) is 45.1 Å². The SMILES string of the molecule is CCC[C@@H]1CN(c2ncccc2C(=O)N2CCCCC2)C[C@H]1N(C)C. The molecule has 2 fully saturated rings. The third kappa shape index (κ3) is 3.97. The molecule has 3 rings (SSSR count). The van der Waals surface area contributed by atoms with E-state index in [-0.39, 0.29) is 5.91 Å². The maximum absolute atomic E-state index is 13.0. The van der Waals surface area contributed by atoms with E-state index in [2.05, 4.69) is 35.8 Å². The van der Waals surface area contributed by atoms with Gasteiger partial charge in [-0.2, -0.15) is 0 Å². The molecule has 5 heteroatoms. The van der Waals surface area contributed by atoms with Gasteiger partial charge in [-0.1, -0.05) is 13.3 Å². The first-order chi connectivity index (χ1) is 12.1. The first-order valence-corrected chi connectivity index (χ1v) is 9.77. The van der Waals surface area contributed by atoms with Crippen molar-refractivity contribution in [2.24, 2.45) is 5.92 Å². The van der Waals surface area contributed by atoms with E-state index < -0.39 is 0 Å². The fourth-order valence-corrected chi connectivity index (χ4v) is 4.35. The molecule has 2 aliphatic rings. The number of hydrogen-bond donors (Lipinski definition) is 0. The van der Waals surface area contributed by atoms with Crippen LogP contribution in [-0.4, -0.2) is 67.0 Å². The molecule has 1 amide bonds. The Kier molecular flexibility index (Phi) is 5.94. The molecule has 0 aliphatic carbocycles. The van der Waals surface area contributed by atoms with Crippen molar-refractivity contribution < 1.29 is 4.79 Å². The molecule has 0 radical (unpaired) electrons. The third-order valence-electron chi connectivity index (χ3n) is 5.69. The van der Waals surface area contributed by atoms with E-state index in [1.165, 1.54) is 19.3 Å². The number of carbonyl (C=O) groups is 1. The van der Waals surface area contributed by atoms with E-state index in [9.17, 15) is 4.79 Å². The Bertz CT molecular complexity index is 583. The lowest BCUT2D eigenvalue weighted by atomic mass is 9.98. The second-order valence-corrected chi connectivity index (χ2v) is 7.71. The van der Waals surface area contributed by atoms with Gasteiger partial charge in [0.05, 0.1) is 5.56 Å². The number of likely N-dealkylation sites (tertiary alicyclic amines) is 1. The Morgan fingerprint density at radius 3 is 2.68 bits per heavy atom. The predicted molar refractivity (Wildman–Crippen MR) is 102 cm³/mol. The van der Waals surface area contributed by atoms with Crippen LogP contribution >= 0.6 is 0 Å². The van der Waals surface area contributed by atoms with Gasteiger partial charge in [0.25, 0.3) is 5.91 Å². The van der Waals surface area contributed by atoms with Gasteiger partial charge in [0.15, 0.2) is 0 Å². The minimum atomic E-state index is 0.156. The lowest BCUT2D eigenvalue weighted by Crippen LogP contribution is -2.37. The first-order valence-electron chi connectivity index (χ1n) is 9.77. The van der Waals surface area contributed by atoms with Gasteiger partial charge >= 0.3 is 0 Å². The van der Waals surface area contributed by atoms with Gasteiger partial charge in [-0.15, -0.1) is 0 Å². The molecule has 1 aromatic rings. The highest BCUT2D eigenvalue weighted by molar-refractivity contribution is 5.99. The third-order valence-corrected chi connectivity index (χ3v) is 5.69. The topological polar surface area (TPSA) is 39.7 Å². The zero-order valence-corrected chi connectivity index (χ0v) is 15.9. The summed E-state index contributed by atoms with van der Waals surface area (Å²) < 4.78 is 0. The molecule has 2 aliphatic heterocycles. The van der Waals surface area contributed by atoms with E-state index in [0.717, 1.165) is 50.4 Å². The van der Waals surface area contributed by atoms with Crippen molar-refractivity contribution in [3.8, 4) is 0 Å². The molecule has 0 aromatic carbocycles. The average Bonchev–Trinajstić information content (AvgIpc) is 3.06. The molecule has 2 atom stereocenters. The summed E-state index contributed by atoms with van der Waals surface area (Å²) in [6, 6.07) is 4.38. The van der Waals surface area contributed by atoms with Gasteiger partial charge in [0.2, 0.25) is 0 Å². The fraction of sp³-hybridized carbons (Fsp3) is 0.700. The molecule has 0 bridgehead atoms. The number of rotatable bonds is 5. The number of anilines is 1. The van der Waals surface area contributed by atoms with Crippen LogP contribution in [0.3, 0.4) is 0 Å². The Labute approximate surface area is 152 Å². The molecule has 1 aromatic heterocycles.